The van der Waals surface area contributed by atoms with Gasteiger partial charge in [-0.3, -0.25) is 19.6 Å². The van der Waals surface area contributed by atoms with Crippen LogP contribution in [0.4, 0.5) is 27.5 Å². The van der Waals surface area contributed by atoms with Gasteiger partial charge in [0.25, 0.3) is 10.0 Å². The van der Waals surface area contributed by atoms with Gasteiger partial charge in [-0.05, 0) is 119 Å². The molecule has 2 atom stereocenters. The first kappa shape index (κ1) is 54.3. The number of sulfonamides is 1. The number of ether oxygens (including phenoxy) is 4. The lowest BCUT2D eigenvalue weighted by Crippen LogP contribution is -2.35. The molecule has 7 aromatic rings. The van der Waals surface area contributed by atoms with Crippen LogP contribution in [-0.2, 0) is 46.9 Å². The second-order valence-electron chi connectivity index (χ2n) is 18.0. The number of amides is 1. The van der Waals surface area contributed by atoms with Crippen molar-refractivity contribution in [2.45, 2.75) is 83.1 Å². The molecule has 0 fully saturated rings. The maximum Gasteiger partial charge on any atom is 0.412 e. The van der Waals surface area contributed by atoms with Gasteiger partial charge in [0, 0.05) is 68.1 Å². The van der Waals surface area contributed by atoms with Crippen molar-refractivity contribution in [1.29, 1.82) is 0 Å². The molecule has 0 aliphatic carbocycles. The Bertz CT molecular complexity index is 3090. The first-order valence-corrected chi connectivity index (χ1v) is 25.4. The Labute approximate surface area is 432 Å². The van der Waals surface area contributed by atoms with Crippen LogP contribution in [0.5, 0.6) is 5.75 Å². The van der Waals surface area contributed by atoms with E-state index in [1.54, 1.807) is 18.2 Å². The second kappa shape index (κ2) is 24.4. The molecule has 2 N–H and O–H groups in total. The lowest BCUT2D eigenvalue weighted by atomic mass is 10.0. The number of methoxy groups -OCH3 is 3. The van der Waals surface area contributed by atoms with E-state index < -0.39 is 21.7 Å². The summed E-state index contributed by atoms with van der Waals surface area (Å²) in [7, 11) is 0.448. The van der Waals surface area contributed by atoms with E-state index in [0.717, 1.165) is 44.0 Å². The van der Waals surface area contributed by atoms with E-state index in [9.17, 15) is 22.8 Å². The van der Waals surface area contributed by atoms with Crippen LogP contribution in [0.1, 0.15) is 58.6 Å². The monoisotopic (exact) mass is 1030 g/mol. The van der Waals surface area contributed by atoms with E-state index in [2.05, 4.69) is 19.8 Å². The Morgan fingerprint density at radius 3 is 1.40 bits per heavy atom. The van der Waals surface area contributed by atoms with Crippen molar-refractivity contribution in [3.05, 3.63) is 167 Å². The molecule has 0 aromatic heterocycles. The molecule has 0 bridgehead atoms. The molecule has 378 valence electrons. The Hall–Kier alpha value is -7.00. The Morgan fingerprint density at radius 2 is 0.986 bits per heavy atom. The van der Waals surface area contributed by atoms with Gasteiger partial charge >= 0.3 is 18.0 Å². The number of carbonyl (C=O) groups is 3. The van der Waals surface area contributed by atoms with Crippen molar-refractivity contribution in [2.75, 3.05) is 41.2 Å². The number of nitrogens with zero attached hydrogens (tertiary/aromatic N) is 2. The van der Waals surface area contributed by atoms with Gasteiger partial charge in [-0.25, -0.2) is 13.2 Å². The molecular weight excluding hydrogens is 976 g/mol. The molecule has 7 rings (SSSR count). The van der Waals surface area contributed by atoms with Crippen molar-refractivity contribution in [2.24, 2.45) is 0 Å². The Balaban J connectivity index is 0.000000237. The molecule has 1 amide bonds. The van der Waals surface area contributed by atoms with Gasteiger partial charge < -0.3 is 28.7 Å². The molecule has 0 saturated carbocycles. The number of fused-ring (bicyclic) bond motifs is 2. The summed E-state index contributed by atoms with van der Waals surface area (Å²) in [5, 5.41) is 7.56. The normalized spacial score (nSPS) is 12.1. The van der Waals surface area contributed by atoms with Crippen molar-refractivity contribution < 1.29 is 41.7 Å². The van der Waals surface area contributed by atoms with E-state index in [1.165, 1.54) is 33.5 Å². The van der Waals surface area contributed by atoms with Gasteiger partial charge in [0.05, 0.1) is 50.4 Å². The number of hydrogen-bond donors (Lipinski definition) is 2. The maximum absolute atomic E-state index is 13.2. The standard InChI is InChI=1S/C29H29ClN2O5S.C27H31ClN2O4/c1-20(18-29(33)37-3)32(19-21-8-10-22(30)11-9-21)28-17-16-27(25-6-4-5-7-26(25)28)31-38(34,35)24-14-12-23(36-2)13-15-24;1-18(16-25(31)33-5)30(17-19-10-12-20(28)13-11-19)24-15-14-23(21-8-6-7-9-22(21)24)29-26(32)34-27(2,3)4/h4-17,20,31H,18-19H2,1-3H3;6-15,18H,16-17H2,1-5H3,(H,29,32)/t20-;18-/m00/s1. The van der Waals surface area contributed by atoms with E-state index >= 15 is 0 Å². The highest BCUT2D eigenvalue weighted by molar-refractivity contribution is 7.92. The van der Waals surface area contributed by atoms with Crippen LogP contribution in [0, 0.1) is 0 Å². The van der Waals surface area contributed by atoms with Gasteiger partial charge in [0.1, 0.15) is 11.4 Å². The predicted octanol–water partition coefficient (Wildman–Crippen LogP) is 13.1. The maximum atomic E-state index is 13.2. The largest absolute Gasteiger partial charge is 0.497 e. The van der Waals surface area contributed by atoms with E-state index in [4.69, 9.17) is 42.1 Å². The van der Waals surface area contributed by atoms with Crippen LogP contribution >= 0.6 is 23.2 Å². The third-order valence-electron chi connectivity index (χ3n) is 11.6. The third-order valence-corrected chi connectivity index (χ3v) is 13.5. The Morgan fingerprint density at radius 1 is 0.569 bits per heavy atom. The number of carbonyl (C=O) groups excluding carboxylic acids is 3. The predicted molar refractivity (Wildman–Crippen MR) is 289 cm³/mol. The van der Waals surface area contributed by atoms with Crippen LogP contribution < -0.4 is 24.6 Å². The molecular formula is C56H60Cl2N4O9S. The first-order chi connectivity index (χ1) is 34.3. The van der Waals surface area contributed by atoms with Crippen LogP contribution in [0.25, 0.3) is 21.5 Å². The highest BCUT2D eigenvalue weighted by Gasteiger charge is 2.25. The molecule has 13 nitrogen and oxygen atoms in total. The van der Waals surface area contributed by atoms with Crippen LogP contribution in [0.2, 0.25) is 10.0 Å². The SMILES string of the molecule is COC(=O)C[C@H](C)N(Cc1ccc(Cl)cc1)c1ccc(NC(=O)OC(C)(C)C)c2ccccc12.COC(=O)C[C@H](C)N(Cc1ccc(Cl)cc1)c1ccc(NS(=O)(=O)c2ccc(OC)cc2)c2ccccc12. The van der Waals surface area contributed by atoms with E-state index in [-0.39, 0.29) is 41.8 Å². The van der Waals surface area contributed by atoms with E-state index in [1.807, 2.05) is 150 Å². The fraction of sp³-hybridized carbons (Fsp3) is 0.268. The summed E-state index contributed by atoms with van der Waals surface area (Å²) in [5.41, 5.74) is 4.38. The zero-order valence-corrected chi connectivity index (χ0v) is 43.9. The smallest absolute Gasteiger partial charge is 0.412 e. The fourth-order valence-electron chi connectivity index (χ4n) is 8.04. The van der Waals surface area contributed by atoms with Gasteiger partial charge in [-0.15, -0.1) is 0 Å². The minimum Gasteiger partial charge on any atom is -0.497 e. The quantitative estimate of drug-likeness (QED) is 0.0662. The molecule has 0 spiro atoms. The number of esters is 2. The summed E-state index contributed by atoms with van der Waals surface area (Å²) < 4.78 is 49.5. The summed E-state index contributed by atoms with van der Waals surface area (Å²) in [4.78, 5) is 41.1. The molecule has 0 aliphatic heterocycles. The molecule has 72 heavy (non-hydrogen) atoms. The first-order valence-electron chi connectivity index (χ1n) is 23.1. The molecule has 7 aromatic carbocycles. The van der Waals surface area contributed by atoms with Gasteiger partial charge in [0.2, 0.25) is 0 Å². The number of nitrogens with one attached hydrogen (secondary N) is 2. The van der Waals surface area contributed by atoms with Gasteiger partial charge in [-0.1, -0.05) is 96.0 Å². The molecule has 0 radical (unpaired) electrons. The van der Waals surface area contributed by atoms with Crippen molar-refractivity contribution in [1.82, 2.24) is 0 Å². The van der Waals surface area contributed by atoms with Gasteiger partial charge in [0.15, 0.2) is 0 Å². The summed E-state index contributed by atoms with van der Waals surface area (Å²) in [5.74, 6) is -0.0199. The third kappa shape index (κ3) is 14.6. The van der Waals surface area contributed by atoms with Crippen LogP contribution in [-0.4, -0.2) is 65.5 Å². The number of hydrogen-bond acceptors (Lipinski definition) is 11. The van der Waals surface area contributed by atoms with Crippen LogP contribution in [0.3, 0.4) is 0 Å². The molecule has 0 unspecified atom stereocenters. The van der Waals surface area contributed by atoms with E-state index in [0.29, 0.717) is 40.3 Å². The van der Waals surface area contributed by atoms with Crippen molar-refractivity contribution in [3.8, 4) is 5.75 Å². The molecule has 0 saturated heterocycles. The molecule has 16 heteroatoms. The lowest BCUT2D eigenvalue weighted by molar-refractivity contribution is -0.141. The second-order valence-corrected chi connectivity index (χ2v) is 20.6. The summed E-state index contributed by atoms with van der Waals surface area (Å²) in [6.07, 6.45) is -0.0943. The highest BCUT2D eigenvalue weighted by Crippen LogP contribution is 2.37. The van der Waals surface area contributed by atoms with Crippen LogP contribution in [0.15, 0.2) is 150 Å². The molecule has 0 heterocycles. The summed E-state index contributed by atoms with van der Waals surface area (Å²) >= 11 is 12.2. The van der Waals surface area contributed by atoms with Crippen molar-refractivity contribution >= 4 is 95.6 Å². The average Bonchev–Trinajstić information content (AvgIpc) is 3.36. The Kier molecular flexibility index (Phi) is 18.4. The van der Waals surface area contributed by atoms with Crippen molar-refractivity contribution in [3.63, 3.8) is 0 Å². The number of benzene rings is 7. The summed E-state index contributed by atoms with van der Waals surface area (Å²) in [6.45, 7) is 10.5. The highest BCUT2D eigenvalue weighted by atomic mass is 35.5. The fourth-order valence-corrected chi connectivity index (χ4v) is 9.37. The summed E-state index contributed by atoms with van der Waals surface area (Å²) in [6, 6.07) is 43.9. The minimum absolute atomic E-state index is 0.127. The average molecular weight is 1040 g/mol. The minimum atomic E-state index is -3.84. The topological polar surface area (TPSA) is 153 Å². The zero-order valence-electron chi connectivity index (χ0n) is 41.6. The zero-order chi connectivity index (χ0) is 52.2. The van der Waals surface area contributed by atoms with Gasteiger partial charge in [-0.2, -0.15) is 0 Å². The molecule has 0 aliphatic rings. The lowest BCUT2D eigenvalue weighted by Gasteiger charge is -2.32. The number of rotatable bonds is 17. The number of halogens is 2. The number of anilines is 4.